The van der Waals surface area contributed by atoms with Crippen LogP contribution in [0.15, 0.2) is 79.2 Å². The van der Waals surface area contributed by atoms with Crippen molar-refractivity contribution in [3.05, 3.63) is 90.3 Å². The molecule has 0 bridgehead atoms. The Kier molecular flexibility index (Phi) is 6.27. The molecule has 172 valence electrons. The molecular formula is C25H30FNO3S2. The second-order valence-corrected chi connectivity index (χ2v) is 14.6. The molecule has 2 aliphatic heterocycles. The van der Waals surface area contributed by atoms with Crippen molar-refractivity contribution in [3.8, 4) is 0 Å². The van der Waals surface area contributed by atoms with Crippen LogP contribution >= 0.6 is 10.0 Å². The number of halogens is 1. The number of aliphatic hydroxyl groups is 1. The Morgan fingerprint density at radius 1 is 1.22 bits per heavy atom. The number of rotatable bonds is 10. The van der Waals surface area contributed by atoms with Crippen molar-refractivity contribution in [2.45, 2.75) is 36.0 Å². The summed E-state index contributed by atoms with van der Waals surface area (Å²) in [4.78, 5) is 0. The van der Waals surface area contributed by atoms with E-state index in [9.17, 15) is 17.9 Å². The number of aliphatic hydroxyl groups excluding tert-OH is 1. The van der Waals surface area contributed by atoms with E-state index < -0.39 is 26.2 Å². The minimum absolute atomic E-state index is 0.0320. The maximum Gasteiger partial charge on any atom is 0.232 e. The van der Waals surface area contributed by atoms with Gasteiger partial charge in [-0.15, -0.1) is 0 Å². The number of hydrogen-bond donors (Lipinski definition) is 1. The van der Waals surface area contributed by atoms with Crippen LogP contribution in [-0.2, 0) is 22.3 Å². The highest BCUT2D eigenvalue weighted by Crippen LogP contribution is 2.88. The van der Waals surface area contributed by atoms with Crippen molar-refractivity contribution in [2.75, 3.05) is 22.1 Å². The summed E-state index contributed by atoms with van der Waals surface area (Å²) < 4.78 is 39.6. The number of nitrogens with zero attached hydrogens (tertiary/aromatic N) is 1. The fourth-order valence-electron chi connectivity index (χ4n) is 4.80. The van der Waals surface area contributed by atoms with E-state index >= 15 is 0 Å². The third-order valence-corrected chi connectivity index (χ3v) is 12.9. The number of benzene rings is 2. The largest absolute Gasteiger partial charge is 0.391 e. The van der Waals surface area contributed by atoms with Gasteiger partial charge in [-0.25, -0.2) is 22.8 Å². The summed E-state index contributed by atoms with van der Waals surface area (Å²) >= 11 is 0. The number of allylic oxidation sites excluding steroid dienone is 2. The lowest BCUT2D eigenvalue weighted by Gasteiger charge is -2.42. The van der Waals surface area contributed by atoms with Gasteiger partial charge in [-0.2, -0.15) is 0 Å². The zero-order valence-electron chi connectivity index (χ0n) is 18.3. The van der Waals surface area contributed by atoms with Gasteiger partial charge in [0.1, 0.15) is 5.83 Å². The van der Waals surface area contributed by atoms with Crippen molar-refractivity contribution < 1.29 is 17.9 Å². The van der Waals surface area contributed by atoms with Gasteiger partial charge in [0.15, 0.2) is 0 Å². The molecule has 0 aliphatic carbocycles. The van der Waals surface area contributed by atoms with Crippen molar-refractivity contribution in [1.29, 1.82) is 0 Å². The van der Waals surface area contributed by atoms with Gasteiger partial charge in [-0.3, -0.25) is 4.31 Å². The Labute approximate surface area is 191 Å². The lowest BCUT2D eigenvalue weighted by atomic mass is 9.98. The molecule has 4 nitrogen and oxygen atoms in total. The summed E-state index contributed by atoms with van der Waals surface area (Å²) in [6, 6.07) is 17.3. The van der Waals surface area contributed by atoms with Gasteiger partial charge in [0, 0.05) is 10.5 Å². The van der Waals surface area contributed by atoms with Crippen LogP contribution in [0.3, 0.4) is 0 Å². The molecule has 32 heavy (non-hydrogen) atoms. The van der Waals surface area contributed by atoms with Gasteiger partial charge in [-0.05, 0) is 59.8 Å². The zero-order valence-corrected chi connectivity index (χ0v) is 19.9. The van der Waals surface area contributed by atoms with E-state index in [1.54, 1.807) is 0 Å². The van der Waals surface area contributed by atoms with Gasteiger partial charge in [0.2, 0.25) is 10.0 Å². The topological polar surface area (TPSA) is 57.6 Å². The molecule has 0 amide bonds. The summed E-state index contributed by atoms with van der Waals surface area (Å²) in [5.74, 6) is 2.72. The first-order valence-electron chi connectivity index (χ1n) is 10.7. The molecule has 3 unspecified atom stereocenters. The van der Waals surface area contributed by atoms with Crippen LogP contribution in [-0.4, -0.2) is 42.1 Å². The molecular weight excluding hydrogens is 445 g/mol. The lowest BCUT2D eigenvalue weighted by molar-refractivity contribution is 0.144. The van der Waals surface area contributed by atoms with Gasteiger partial charge < -0.3 is 5.11 Å². The molecule has 4 rings (SSSR count). The Balaban J connectivity index is 1.45. The monoisotopic (exact) mass is 475 g/mol. The summed E-state index contributed by atoms with van der Waals surface area (Å²) in [6.45, 7) is 3.70. The molecule has 0 aromatic heterocycles. The number of anilines is 1. The fraction of sp³-hybridized carbons (Fsp3) is 0.360. The van der Waals surface area contributed by atoms with E-state index in [0.29, 0.717) is 12.1 Å². The molecule has 3 atom stereocenters. The maximum atomic E-state index is 13.4. The van der Waals surface area contributed by atoms with E-state index in [0.717, 1.165) is 35.3 Å². The maximum absolute atomic E-state index is 13.4. The first kappa shape index (κ1) is 23.1. The second-order valence-electron chi connectivity index (χ2n) is 8.82. The Hall–Kier alpha value is -2.09. The Morgan fingerprint density at radius 2 is 1.91 bits per heavy atom. The summed E-state index contributed by atoms with van der Waals surface area (Å²) in [6.07, 6.45) is 4.64. The summed E-state index contributed by atoms with van der Waals surface area (Å²) in [7, 11) is -4.33. The van der Waals surface area contributed by atoms with Crippen molar-refractivity contribution in [3.63, 3.8) is 0 Å². The van der Waals surface area contributed by atoms with Gasteiger partial charge >= 0.3 is 0 Å². The quantitative estimate of drug-likeness (QED) is 0.393. The molecule has 2 fully saturated rings. The first-order valence-corrected chi connectivity index (χ1v) is 14.7. The molecule has 2 aromatic rings. The summed E-state index contributed by atoms with van der Waals surface area (Å²) in [5.41, 5.74) is 2.74. The average molecular weight is 476 g/mol. The molecule has 0 spiro atoms. The van der Waals surface area contributed by atoms with Gasteiger partial charge in [0.05, 0.1) is 24.6 Å². The molecule has 2 saturated heterocycles. The Bertz CT molecular complexity index is 1120. The smallest absolute Gasteiger partial charge is 0.232 e. The molecule has 1 N–H and O–H groups in total. The number of sulfonamides is 1. The van der Waals surface area contributed by atoms with Crippen LogP contribution in [0.2, 0.25) is 0 Å². The van der Waals surface area contributed by atoms with Gasteiger partial charge in [-0.1, -0.05) is 49.0 Å². The molecule has 7 heteroatoms. The van der Waals surface area contributed by atoms with Crippen molar-refractivity contribution in [1.82, 2.24) is 0 Å². The minimum Gasteiger partial charge on any atom is -0.391 e. The van der Waals surface area contributed by atoms with E-state index in [4.69, 9.17) is 0 Å². The van der Waals surface area contributed by atoms with Crippen LogP contribution in [0.5, 0.6) is 0 Å². The van der Waals surface area contributed by atoms with E-state index in [2.05, 4.69) is 6.58 Å². The van der Waals surface area contributed by atoms with Gasteiger partial charge in [0.25, 0.3) is 0 Å². The van der Waals surface area contributed by atoms with Crippen molar-refractivity contribution >= 4 is 25.7 Å². The van der Waals surface area contributed by atoms with E-state index in [-0.39, 0.29) is 17.1 Å². The summed E-state index contributed by atoms with van der Waals surface area (Å²) in [5, 5.41) is 10.7. The van der Waals surface area contributed by atoms with Crippen LogP contribution in [0.1, 0.15) is 24.0 Å². The Morgan fingerprint density at radius 3 is 2.47 bits per heavy atom. The number of fused-ring (bicyclic) bond motifs is 1. The highest BCUT2D eigenvalue weighted by atomic mass is 32.3. The highest BCUT2D eigenvalue weighted by molar-refractivity contribution is 8.41. The van der Waals surface area contributed by atoms with E-state index in [1.807, 2.05) is 54.6 Å². The SMILES string of the molecule is C=C/C(F)=C\CC(O)C12CCS1(Cc1ccc(N(Cc3ccccc3)S(C)(=O)=O)cc1)C2. The molecule has 0 saturated carbocycles. The first-order chi connectivity index (χ1) is 15.2. The van der Waals surface area contributed by atoms with Crippen LogP contribution < -0.4 is 4.31 Å². The predicted molar refractivity (Wildman–Crippen MR) is 132 cm³/mol. The second kappa shape index (κ2) is 8.69. The van der Waals surface area contributed by atoms with Crippen LogP contribution in [0.25, 0.3) is 0 Å². The van der Waals surface area contributed by atoms with Crippen LogP contribution in [0, 0.1) is 0 Å². The lowest BCUT2D eigenvalue weighted by Crippen LogP contribution is -2.38. The van der Waals surface area contributed by atoms with E-state index in [1.165, 1.54) is 22.2 Å². The standard InChI is InChI=1S/C25H30FNO3S2/c1-3-22(26)11-14-24(28)25-15-16-32(25,19-25)18-21-9-12-23(13-10-21)27(31(2,29)30)17-20-7-5-4-6-8-20/h3-13,24,28H,1,14-19H2,2H3/b22-11+. The molecule has 2 aliphatic rings. The number of hydrogen-bond acceptors (Lipinski definition) is 3. The van der Waals surface area contributed by atoms with Crippen molar-refractivity contribution in [2.24, 2.45) is 0 Å². The molecule has 0 radical (unpaired) electrons. The average Bonchev–Trinajstić information content (AvgIpc) is 3.24. The third-order valence-electron chi connectivity index (χ3n) is 6.79. The zero-order chi connectivity index (χ0) is 23.0. The molecule has 2 heterocycles. The normalized spacial score (nSPS) is 27.4. The van der Waals surface area contributed by atoms with Crippen LogP contribution in [0.4, 0.5) is 10.1 Å². The third kappa shape index (κ3) is 4.38. The highest BCUT2D eigenvalue weighted by Gasteiger charge is 2.72. The predicted octanol–water partition coefficient (Wildman–Crippen LogP) is 4.90. The fourth-order valence-corrected chi connectivity index (χ4v) is 10.9. The minimum atomic E-state index is -3.42. The molecule has 2 aromatic carbocycles.